The molecule has 0 saturated carbocycles. The molecule has 8 rings (SSSR count). The van der Waals surface area contributed by atoms with Gasteiger partial charge in [0.2, 0.25) is 0 Å². The molecule has 4 aromatic rings. The molecule has 286 valence electrons. The molecule has 3 atom stereocenters. The second-order valence-electron chi connectivity index (χ2n) is 16.2. The largest absolute Gasteiger partial charge is 0.283 e. The standard InChI is InChI=1S/C49H51N3S4/c1-30-6-10-34(11-7-30)46-41-22-23-42(51-41)48(49(4)28-26-38(55)27-29-49)32(3)9-8-31(2)45(33-12-16-36(53)17-13-33)39-20-21-40(50-39)47(35-14-18-37(54)19-15-35)44-25-24-43(46)52(44)56-5/h6-7,10-19,24-28,32,48,53-55H,8-9,20-23,29H2,1-5H3/b45-31+,46-41-,47-40-. The predicted molar refractivity (Wildman–Crippen MR) is 251 cm³/mol. The van der Waals surface area contributed by atoms with Crippen molar-refractivity contribution in [1.29, 1.82) is 0 Å². The number of benzene rings is 3. The summed E-state index contributed by atoms with van der Waals surface area (Å²) in [5.41, 5.74) is 16.9. The lowest BCUT2D eigenvalue weighted by molar-refractivity contribution is 0.239. The van der Waals surface area contributed by atoms with Crippen molar-refractivity contribution < 1.29 is 0 Å². The molecule has 0 fully saturated rings. The minimum Gasteiger partial charge on any atom is -0.283 e. The fraction of sp³-hybridized carbons (Fsp3) is 0.306. The molecule has 0 saturated heterocycles. The molecule has 4 heterocycles. The lowest BCUT2D eigenvalue weighted by Crippen LogP contribution is -2.37. The third-order valence-corrected chi connectivity index (χ3v) is 13.9. The highest BCUT2D eigenvalue weighted by molar-refractivity contribution is 7.97. The van der Waals surface area contributed by atoms with Crippen LogP contribution < -0.4 is 0 Å². The average Bonchev–Trinajstić information content (AvgIpc) is 3.96. The maximum Gasteiger partial charge on any atom is 0.0622 e. The monoisotopic (exact) mass is 809 g/mol. The first-order chi connectivity index (χ1) is 27.0. The number of rotatable bonds is 5. The molecule has 3 aliphatic heterocycles. The SMILES string of the molecule is CSn1c2ccc1/C(c1ccc(C)cc1)=C1/CCC(=N1)C(C1(C)C=CC(S)=CC1)C(C)CC/C(C)=C(\c1ccc(S)cc1)C1=N/C(=C\2c2ccc(S)cc2)CC1. The van der Waals surface area contributed by atoms with E-state index in [1.807, 2.05) is 0 Å². The number of fused-ring (bicyclic) bond motifs is 4. The van der Waals surface area contributed by atoms with Gasteiger partial charge in [0.1, 0.15) is 0 Å². The minimum atomic E-state index is -0.0613. The molecular formula is C49H51N3S4. The molecule has 0 radical (unpaired) electrons. The number of hydrogen-bond acceptors (Lipinski definition) is 6. The molecular weight excluding hydrogens is 759 g/mol. The van der Waals surface area contributed by atoms with E-state index in [1.165, 1.54) is 61.8 Å². The van der Waals surface area contributed by atoms with Gasteiger partial charge in [-0.1, -0.05) is 91.7 Å². The number of aryl methyl sites for hydroxylation is 1. The van der Waals surface area contributed by atoms with Crippen LogP contribution in [0, 0.1) is 24.2 Å². The van der Waals surface area contributed by atoms with Crippen molar-refractivity contribution in [2.24, 2.45) is 27.2 Å². The Kier molecular flexibility index (Phi) is 11.4. The van der Waals surface area contributed by atoms with Crippen molar-refractivity contribution in [3.8, 4) is 0 Å². The zero-order valence-corrected chi connectivity index (χ0v) is 36.5. The molecule has 1 aromatic heterocycles. The maximum absolute atomic E-state index is 5.75. The quantitative estimate of drug-likeness (QED) is 0.172. The summed E-state index contributed by atoms with van der Waals surface area (Å²) in [6.07, 6.45) is 15.8. The molecule has 0 N–H and O–H groups in total. The molecule has 4 aliphatic rings. The Hall–Kier alpha value is -3.62. The summed E-state index contributed by atoms with van der Waals surface area (Å²) in [7, 11) is 0. The van der Waals surface area contributed by atoms with Crippen LogP contribution in [-0.4, -0.2) is 21.7 Å². The van der Waals surface area contributed by atoms with Gasteiger partial charge in [-0.05, 0) is 140 Å². The van der Waals surface area contributed by atoms with Gasteiger partial charge >= 0.3 is 0 Å². The second-order valence-corrected chi connectivity index (χ2v) is 18.4. The van der Waals surface area contributed by atoms with Crippen molar-refractivity contribution in [2.75, 3.05) is 6.26 Å². The maximum atomic E-state index is 5.75. The van der Waals surface area contributed by atoms with Crippen LogP contribution in [0.15, 0.2) is 145 Å². The van der Waals surface area contributed by atoms with E-state index in [2.05, 4.69) is 166 Å². The summed E-state index contributed by atoms with van der Waals surface area (Å²) >= 11 is 15.8. The van der Waals surface area contributed by atoms with E-state index in [0.717, 1.165) is 76.6 Å². The van der Waals surface area contributed by atoms with Crippen LogP contribution in [0.25, 0.3) is 16.7 Å². The Morgan fingerprint density at radius 1 is 0.679 bits per heavy atom. The van der Waals surface area contributed by atoms with Gasteiger partial charge in [0.05, 0.1) is 22.8 Å². The number of hydrogen-bond donors (Lipinski definition) is 3. The summed E-state index contributed by atoms with van der Waals surface area (Å²) in [6.45, 7) is 9.40. The van der Waals surface area contributed by atoms with Gasteiger partial charge in [0.25, 0.3) is 0 Å². The summed E-state index contributed by atoms with van der Waals surface area (Å²) in [5.74, 6) is 0.682. The van der Waals surface area contributed by atoms with Crippen LogP contribution in [0.4, 0.5) is 0 Å². The molecule has 7 heteroatoms. The van der Waals surface area contributed by atoms with Gasteiger partial charge in [0.15, 0.2) is 0 Å². The van der Waals surface area contributed by atoms with Gasteiger partial charge < -0.3 is 0 Å². The van der Waals surface area contributed by atoms with Gasteiger partial charge in [-0.15, -0.1) is 37.9 Å². The topological polar surface area (TPSA) is 29.6 Å². The normalized spacial score (nSPS) is 26.9. The Labute approximate surface area is 354 Å². The Morgan fingerprint density at radius 3 is 1.80 bits per heavy atom. The summed E-state index contributed by atoms with van der Waals surface area (Å²) < 4.78 is 2.43. The van der Waals surface area contributed by atoms with Crippen molar-refractivity contribution >= 4 is 78.0 Å². The van der Waals surface area contributed by atoms with E-state index in [4.69, 9.17) is 22.6 Å². The fourth-order valence-electron chi connectivity index (χ4n) is 9.42. The van der Waals surface area contributed by atoms with Crippen molar-refractivity contribution in [3.63, 3.8) is 0 Å². The van der Waals surface area contributed by atoms with E-state index in [-0.39, 0.29) is 11.3 Å². The lowest BCUT2D eigenvalue weighted by Gasteiger charge is -2.40. The van der Waals surface area contributed by atoms with Gasteiger partial charge in [-0.2, -0.15) is 0 Å². The number of aliphatic imine (C=N–C) groups is 2. The van der Waals surface area contributed by atoms with Crippen molar-refractivity contribution in [3.05, 3.63) is 159 Å². The van der Waals surface area contributed by atoms with Gasteiger partial charge in [-0.25, -0.2) is 0 Å². The van der Waals surface area contributed by atoms with E-state index in [1.54, 1.807) is 11.9 Å². The highest BCUT2D eigenvalue weighted by atomic mass is 32.2. The smallest absolute Gasteiger partial charge is 0.0622 e. The second kappa shape index (κ2) is 16.3. The summed E-state index contributed by atoms with van der Waals surface area (Å²) in [4.78, 5) is 14.3. The Morgan fingerprint density at radius 2 is 1.23 bits per heavy atom. The average molecular weight is 810 g/mol. The minimum absolute atomic E-state index is 0.0613. The lowest BCUT2D eigenvalue weighted by atomic mass is 9.64. The summed E-state index contributed by atoms with van der Waals surface area (Å²) in [6, 6.07) is 30.9. The molecule has 0 amide bonds. The Bertz CT molecular complexity index is 2380. The van der Waals surface area contributed by atoms with Crippen LogP contribution in [0.2, 0.25) is 0 Å². The van der Waals surface area contributed by atoms with Crippen molar-refractivity contribution in [1.82, 2.24) is 3.97 Å². The highest BCUT2D eigenvalue weighted by Gasteiger charge is 2.41. The third-order valence-electron chi connectivity index (χ3n) is 12.2. The first kappa shape index (κ1) is 39.2. The van der Waals surface area contributed by atoms with Crippen LogP contribution >= 0.6 is 49.8 Å². The van der Waals surface area contributed by atoms with Crippen LogP contribution in [-0.2, 0) is 0 Å². The number of aromatic nitrogens is 1. The van der Waals surface area contributed by atoms with Crippen molar-refractivity contribution in [2.45, 2.75) is 82.4 Å². The third kappa shape index (κ3) is 7.69. The van der Waals surface area contributed by atoms with E-state index in [0.29, 0.717) is 5.92 Å². The van der Waals surface area contributed by atoms with Gasteiger partial charge in [-0.3, -0.25) is 14.0 Å². The highest BCUT2D eigenvalue weighted by Crippen LogP contribution is 2.48. The zero-order chi connectivity index (χ0) is 39.1. The first-order valence-corrected chi connectivity index (χ1v) is 22.4. The van der Waals surface area contributed by atoms with Crippen LogP contribution in [0.1, 0.15) is 99.4 Å². The summed E-state index contributed by atoms with van der Waals surface area (Å²) in [5, 5.41) is 0. The Balaban J connectivity index is 1.41. The molecule has 3 unspecified atom stereocenters. The van der Waals surface area contributed by atoms with E-state index in [9.17, 15) is 0 Å². The first-order valence-electron chi connectivity index (χ1n) is 19.9. The van der Waals surface area contributed by atoms with Crippen LogP contribution in [0.3, 0.4) is 0 Å². The molecule has 3 aromatic carbocycles. The molecule has 6 bridgehead atoms. The fourth-order valence-corrected chi connectivity index (χ4v) is 10.6. The van der Waals surface area contributed by atoms with Gasteiger partial charge in [0, 0.05) is 50.1 Å². The molecule has 56 heavy (non-hydrogen) atoms. The zero-order valence-electron chi connectivity index (χ0n) is 33.0. The molecule has 3 nitrogen and oxygen atoms in total. The number of nitrogens with zero attached hydrogens (tertiary/aromatic N) is 3. The molecule has 1 aliphatic carbocycles. The number of allylic oxidation sites excluding steroid dienone is 7. The van der Waals surface area contributed by atoms with Crippen LogP contribution in [0.5, 0.6) is 0 Å². The van der Waals surface area contributed by atoms with E-state index >= 15 is 0 Å². The molecule has 0 spiro atoms. The number of thiol groups is 3. The predicted octanol–water partition coefficient (Wildman–Crippen LogP) is 13.8. The van der Waals surface area contributed by atoms with E-state index < -0.39 is 0 Å².